The average molecular weight is 196 g/mol. The van der Waals surface area contributed by atoms with E-state index in [4.69, 9.17) is 5.73 Å². The summed E-state index contributed by atoms with van der Waals surface area (Å²) in [7, 11) is 2.00. The lowest BCUT2D eigenvalue weighted by Gasteiger charge is -2.00. The number of aromatic nitrogens is 2. The molecule has 0 saturated carbocycles. The quantitative estimate of drug-likeness (QED) is 0.679. The van der Waals surface area contributed by atoms with Crippen molar-refractivity contribution in [3.63, 3.8) is 0 Å². The molecule has 2 N–H and O–H groups in total. The van der Waals surface area contributed by atoms with E-state index in [1.807, 2.05) is 43.7 Å². The largest absolute Gasteiger partial charge is 0.325 e. The molecule has 0 aliphatic carbocycles. The maximum absolute atomic E-state index is 5.51. The van der Waals surface area contributed by atoms with Gasteiger partial charge in [0.1, 0.15) is 6.33 Å². The summed E-state index contributed by atoms with van der Waals surface area (Å²) in [6.07, 6.45) is 1.54. The van der Waals surface area contributed by atoms with Crippen LogP contribution >= 0.6 is 0 Å². The number of benzene rings is 1. The molecular weight excluding hydrogens is 185 g/mol. The smallest absolute Gasteiger partial charge is 0.217 e. The third-order valence-electron chi connectivity index (χ3n) is 2.07. The van der Waals surface area contributed by atoms with Gasteiger partial charge in [0.25, 0.3) is 0 Å². The lowest BCUT2D eigenvalue weighted by Crippen LogP contribution is -2.30. The van der Waals surface area contributed by atoms with Crippen molar-refractivity contribution in [1.29, 1.82) is 0 Å². The molecule has 0 aliphatic rings. The molecule has 4 heteroatoms. The van der Waals surface area contributed by atoms with E-state index in [1.165, 1.54) is 6.33 Å². The molecule has 2 rings (SSSR count). The third kappa shape index (κ3) is 2.64. The maximum atomic E-state index is 5.51. The highest BCUT2D eigenvalue weighted by molar-refractivity contribution is 6.66. The molecular formula is C11H11BN3. The van der Waals surface area contributed by atoms with Gasteiger partial charge in [-0.25, -0.2) is 4.98 Å². The molecule has 0 saturated heterocycles. The fourth-order valence-electron chi connectivity index (χ4n) is 1.33. The number of hydrogen-bond donors (Lipinski definition) is 1. The van der Waals surface area contributed by atoms with Gasteiger partial charge in [-0.15, -0.1) is 0 Å². The number of nitrogens with zero attached hydrogens (tertiary/aromatic N) is 2. The second-order valence-electron chi connectivity index (χ2n) is 3.19. The second kappa shape index (κ2) is 4.71. The highest BCUT2D eigenvalue weighted by Gasteiger charge is 2.01. The SMILES string of the molecule is NCc1cc([B]c2ccccc2)ncn1. The summed E-state index contributed by atoms with van der Waals surface area (Å²) < 4.78 is 0. The Hall–Kier alpha value is -1.68. The van der Waals surface area contributed by atoms with Gasteiger partial charge in [-0.2, -0.15) is 0 Å². The molecule has 1 aromatic carbocycles. The molecule has 73 valence electrons. The molecule has 0 fully saturated rings. The summed E-state index contributed by atoms with van der Waals surface area (Å²) >= 11 is 0. The molecule has 0 amide bonds. The Morgan fingerprint density at radius 2 is 1.93 bits per heavy atom. The van der Waals surface area contributed by atoms with Crippen LogP contribution in [0.4, 0.5) is 0 Å². The number of rotatable bonds is 3. The summed E-state index contributed by atoms with van der Waals surface area (Å²) in [6.45, 7) is 0.443. The third-order valence-corrected chi connectivity index (χ3v) is 2.07. The van der Waals surface area contributed by atoms with Gasteiger partial charge in [-0.1, -0.05) is 35.8 Å². The van der Waals surface area contributed by atoms with E-state index in [0.717, 1.165) is 16.8 Å². The van der Waals surface area contributed by atoms with Crippen molar-refractivity contribution in [2.75, 3.05) is 0 Å². The van der Waals surface area contributed by atoms with Crippen LogP contribution in [-0.2, 0) is 6.54 Å². The Morgan fingerprint density at radius 3 is 2.67 bits per heavy atom. The van der Waals surface area contributed by atoms with E-state index in [1.54, 1.807) is 0 Å². The highest BCUT2D eigenvalue weighted by Crippen LogP contribution is 1.86. The van der Waals surface area contributed by atoms with Crippen LogP contribution in [-0.4, -0.2) is 17.2 Å². The summed E-state index contributed by atoms with van der Waals surface area (Å²) in [4.78, 5) is 8.20. The van der Waals surface area contributed by atoms with E-state index < -0.39 is 0 Å². The molecule has 0 spiro atoms. The zero-order valence-electron chi connectivity index (χ0n) is 8.30. The highest BCUT2D eigenvalue weighted by atomic mass is 14.8. The summed E-state index contributed by atoms with van der Waals surface area (Å²) in [5, 5.41) is 0. The lowest BCUT2D eigenvalue weighted by molar-refractivity contribution is 0.972. The minimum atomic E-state index is 0.443. The lowest BCUT2D eigenvalue weighted by atomic mass is 9.67. The van der Waals surface area contributed by atoms with E-state index in [2.05, 4.69) is 9.97 Å². The molecule has 1 heterocycles. The Morgan fingerprint density at radius 1 is 1.13 bits per heavy atom. The number of hydrogen-bond acceptors (Lipinski definition) is 3. The first-order chi connectivity index (χ1) is 7.38. The topological polar surface area (TPSA) is 51.8 Å². The molecule has 0 aliphatic heterocycles. The predicted molar refractivity (Wildman–Crippen MR) is 61.4 cm³/mol. The van der Waals surface area contributed by atoms with Crippen LogP contribution < -0.4 is 16.8 Å². The minimum absolute atomic E-state index is 0.443. The van der Waals surface area contributed by atoms with Crippen molar-refractivity contribution in [3.8, 4) is 0 Å². The van der Waals surface area contributed by atoms with Gasteiger partial charge in [0.15, 0.2) is 0 Å². The minimum Gasteiger partial charge on any atom is -0.325 e. The van der Waals surface area contributed by atoms with Crippen LogP contribution in [0.25, 0.3) is 0 Å². The molecule has 3 nitrogen and oxygen atoms in total. The Kier molecular flexibility index (Phi) is 3.10. The monoisotopic (exact) mass is 196 g/mol. The molecule has 15 heavy (non-hydrogen) atoms. The molecule has 0 bridgehead atoms. The zero-order chi connectivity index (χ0) is 10.5. The van der Waals surface area contributed by atoms with Crippen LogP contribution in [0.5, 0.6) is 0 Å². The molecule has 1 radical (unpaired) electrons. The van der Waals surface area contributed by atoms with E-state index >= 15 is 0 Å². The first-order valence-corrected chi connectivity index (χ1v) is 4.79. The first-order valence-electron chi connectivity index (χ1n) is 4.79. The Labute approximate surface area is 89.6 Å². The van der Waals surface area contributed by atoms with Crippen LogP contribution in [0.1, 0.15) is 5.69 Å². The van der Waals surface area contributed by atoms with Crippen molar-refractivity contribution in [2.24, 2.45) is 5.73 Å². The van der Waals surface area contributed by atoms with Crippen LogP contribution in [0.3, 0.4) is 0 Å². The summed E-state index contributed by atoms with van der Waals surface area (Å²) in [5.41, 5.74) is 8.37. The van der Waals surface area contributed by atoms with Crippen molar-refractivity contribution in [3.05, 3.63) is 48.4 Å². The normalized spacial score (nSPS) is 9.93. The van der Waals surface area contributed by atoms with Crippen molar-refractivity contribution >= 4 is 18.3 Å². The van der Waals surface area contributed by atoms with E-state index in [9.17, 15) is 0 Å². The van der Waals surface area contributed by atoms with Crippen LogP contribution in [0, 0.1) is 0 Å². The van der Waals surface area contributed by atoms with Gasteiger partial charge in [0, 0.05) is 12.1 Å². The first kappa shape index (κ1) is 9.86. The predicted octanol–water partition coefficient (Wildman–Crippen LogP) is -0.410. The van der Waals surface area contributed by atoms with Crippen LogP contribution in [0.15, 0.2) is 42.7 Å². The van der Waals surface area contributed by atoms with Crippen LogP contribution in [0.2, 0.25) is 0 Å². The van der Waals surface area contributed by atoms with Gasteiger partial charge in [-0.05, 0) is 6.07 Å². The fraction of sp³-hybridized carbons (Fsp3) is 0.0909. The van der Waals surface area contributed by atoms with Gasteiger partial charge < -0.3 is 5.73 Å². The molecule has 2 aromatic rings. The summed E-state index contributed by atoms with van der Waals surface area (Å²) in [5.74, 6) is 0. The van der Waals surface area contributed by atoms with Gasteiger partial charge in [-0.3, -0.25) is 4.98 Å². The van der Waals surface area contributed by atoms with E-state index in [0.29, 0.717) is 6.54 Å². The average Bonchev–Trinajstić information content (AvgIpc) is 2.31. The summed E-state index contributed by atoms with van der Waals surface area (Å²) in [6, 6.07) is 11.9. The van der Waals surface area contributed by atoms with Crippen molar-refractivity contribution in [1.82, 2.24) is 9.97 Å². The maximum Gasteiger partial charge on any atom is 0.217 e. The Bertz CT molecular complexity index is 431. The molecule has 0 atom stereocenters. The second-order valence-corrected chi connectivity index (χ2v) is 3.19. The number of nitrogens with two attached hydrogens (primary N) is 1. The van der Waals surface area contributed by atoms with E-state index in [-0.39, 0.29) is 0 Å². The van der Waals surface area contributed by atoms with Gasteiger partial charge >= 0.3 is 0 Å². The zero-order valence-corrected chi connectivity index (χ0v) is 8.30. The molecule has 1 aromatic heterocycles. The standard InChI is InChI=1S/C11H11BN3/c13-7-10-6-11(15-8-14-10)12-9-4-2-1-3-5-9/h1-6,8H,7,13H2. The fourth-order valence-corrected chi connectivity index (χ4v) is 1.33. The van der Waals surface area contributed by atoms with Gasteiger partial charge in [0.2, 0.25) is 7.28 Å². The van der Waals surface area contributed by atoms with Gasteiger partial charge in [0.05, 0.1) is 5.69 Å². The molecule has 0 unspecified atom stereocenters. The Balaban J connectivity index is 2.17. The van der Waals surface area contributed by atoms with Crippen molar-refractivity contribution < 1.29 is 0 Å². The van der Waals surface area contributed by atoms with Crippen molar-refractivity contribution in [2.45, 2.75) is 6.54 Å².